The average Bonchev–Trinajstić information content (AvgIpc) is 4.06. The Bertz CT molecular complexity index is 2490. The van der Waals surface area contributed by atoms with Crippen molar-refractivity contribution in [3.63, 3.8) is 0 Å². The lowest BCUT2D eigenvalue weighted by Gasteiger charge is -2.39. The number of aromatic amines is 1. The zero-order valence-corrected chi connectivity index (χ0v) is 41.8. The minimum Gasteiger partial charge on any atom is -0.507 e. The molecular weight excluding hydrogens is 889 g/mol. The highest BCUT2D eigenvalue weighted by molar-refractivity contribution is 7.13. The van der Waals surface area contributed by atoms with Crippen molar-refractivity contribution in [3.05, 3.63) is 83.1 Å². The molecule has 0 radical (unpaired) electrons. The van der Waals surface area contributed by atoms with Crippen LogP contribution >= 0.6 is 11.3 Å². The number of nitrogens with one attached hydrogen (secondary N) is 3. The third kappa shape index (κ3) is 13.8. The molecule has 0 saturated carbocycles. The smallest absolute Gasteiger partial charge is 0.246 e. The summed E-state index contributed by atoms with van der Waals surface area (Å²) in [6.07, 6.45) is 16.7. The zero-order valence-electron chi connectivity index (χ0n) is 41.0. The number of aryl methyl sites for hydroxylation is 1. The Morgan fingerprint density at radius 3 is 2.10 bits per heavy atom. The number of aromatic nitrogens is 4. The first-order valence-electron chi connectivity index (χ1n) is 25.2. The first-order valence-corrected chi connectivity index (χ1v) is 26.1. The molecule has 4 amide bonds. The van der Waals surface area contributed by atoms with Crippen molar-refractivity contribution in [2.24, 2.45) is 5.41 Å². The van der Waals surface area contributed by atoms with Crippen LogP contribution in [0, 0.1) is 12.3 Å². The molecule has 2 saturated heterocycles. The van der Waals surface area contributed by atoms with Gasteiger partial charge in [-0.3, -0.25) is 19.2 Å². The first-order chi connectivity index (χ1) is 33.3. The summed E-state index contributed by atoms with van der Waals surface area (Å²) in [5.41, 5.74) is 7.33. The maximum Gasteiger partial charge on any atom is 0.246 e. The molecule has 0 unspecified atom stereocenters. The van der Waals surface area contributed by atoms with Crippen LogP contribution in [0.15, 0.2) is 66.3 Å². The molecule has 0 aliphatic carbocycles. The van der Waals surface area contributed by atoms with E-state index in [1.54, 1.807) is 23.5 Å². The van der Waals surface area contributed by atoms with Crippen LogP contribution in [-0.2, 0) is 25.7 Å². The fourth-order valence-electron chi connectivity index (χ4n) is 9.66. The number of hydrogen-bond donors (Lipinski definition) is 5. The summed E-state index contributed by atoms with van der Waals surface area (Å²) >= 11 is 1.59. The number of amides is 4. The average molecular weight is 961 g/mol. The van der Waals surface area contributed by atoms with E-state index in [-0.39, 0.29) is 48.3 Å². The highest BCUT2D eigenvalue weighted by Crippen LogP contribution is 2.35. The molecule has 5 N–H and O–H groups in total. The van der Waals surface area contributed by atoms with Crippen LogP contribution in [0.25, 0.3) is 32.7 Å². The molecule has 69 heavy (non-hydrogen) atoms. The number of β-amino-alcohol motifs (C(OH)–C–C–N with tert-alkyl or cyclic N) is 1. The van der Waals surface area contributed by atoms with Gasteiger partial charge in [-0.2, -0.15) is 0 Å². The Morgan fingerprint density at radius 1 is 0.841 bits per heavy atom. The molecule has 0 spiro atoms. The van der Waals surface area contributed by atoms with E-state index in [4.69, 9.17) is 0 Å². The third-order valence-electron chi connectivity index (χ3n) is 13.8. The number of carbonyl (C=O) groups is 4. The molecule has 2 aliphatic heterocycles. The molecule has 370 valence electrons. The Kier molecular flexibility index (Phi) is 18.0. The number of aliphatic hydroxyl groups excluding tert-OH is 1. The van der Waals surface area contributed by atoms with Crippen molar-refractivity contribution in [1.29, 1.82) is 0 Å². The second-order valence-corrected chi connectivity index (χ2v) is 21.1. The molecular formula is C54H72N8O6S. The van der Waals surface area contributed by atoms with Gasteiger partial charge in [0.25, 0.3) is 0 Å². The third-order valence-corrected chi connectivity index (χ3v) is 14.8. The standard InChI is InChI=1S/C54H72N8O6S/c1-36-49(69-35-57-36)38-26-24-37(25-27-38)30-56-52(67)45-28-40(63)34-62(45)53(68)50(54(2,3)4)58-47(65)22-16-14-12-10-8-6-5-7-9-11-13-15-17-23-48(66)61-32-39(33-61)43-31-55-51-42(43)29-44(59-60-51)41-20-18-19-21-46(41)64/h18-21,24-27,29,31,35,39-40,45,50,63-64H,5-17,22-23,28,30,32-34H2,1-4H3,(H,55,60)(H,56,67)(H,58,65)/t40-,45+,50-/m1/s1. The van der Waals surface area contributed by atoms with E-state index in [2.05, 4.69) is 30.8 Å². The molecule has 5 heterocycles. The number of likely N-dealkylation sites (tertiary alicyclic amines) is 2. The quantitative estimate of drug-likeness (QED) is 0.0375. The summed E-state index contributed by atoms with van der Waals surface area (Å²) in [4.78, 5) is 65.5. The minimum absolute atomic E-state index is 0.0466. The van der Waals surface area contributed by atoms with E-state index in [9.17, 15) is 29.4 Å². The van der Waals surface area contributed by atoms with Crippen molar-refractivity contribution in [2.45, 2.75) is 161 Å². The maximum atomic E-state index is 14.0. The number of para-hydroxylation sites is 1. The van der Waals surface area contributed by atoms with Crippen LogP contribution in [0.5, 0.6) is 5.75 Å². The zero-order chi connectivity index (χ0) is 48.9. The number of hydrogen-bond acceptors (Lipinski definition) is 10. The lowest BCUT2D eigenvalue weighted by molar-refractivity contribution is -0.144. The van der Waals surface area contributed by atoms with Crippen molar-refractivity contribution in [1.82, 2.24) is 40.6 Å². The lowest BCUT2D eigenvalue weighted by atomic mass is 9.85. The fraction of sp³-hybridized carbons (Fsp3) is 0.537. The fourth-order valence-corrected chi connectivity index (χ4v) is 10.5. The number of carbonyl (C=O) groups excluding carboxylic acids is 4. The van der Waals surface area contributed by atoms with Crippen LogP contribution in [-0.4, -0.2) is 102 Å². The van der Waals surface area contributed by atoms with Gasteiger partial charge >= 0.3 is 0 Å². The maximum absolute atomic E-state index is 14.0. The van der Waals surface area contributed by atoms with Crippen LogP contribution in [0.1, 0.15) is 146 Å². The van der Waals surface area contributed by atoms with Crippen molar-refractivity contribution in [3.8, 4) is 27.4 Å². The number of aliphatic hydroxyl groups is 1. The predicted octanol–water partition coefficient (Wildman–Crippen LogP) is 9.35. The van der Waals surface area contributed by atoms with Gasteiger partial charge in [0.15, 0.2) is 5.65 Å². The topological polar surface area (TPSA) is 194 Å². The van der Waals surface area contributed by atoms with Crippen molar-refractivity contribution >= 4 is 46.0 Å². The molecule has 14 nitrogen and oxygen atoms in total. The molecule has 0 bridgehead atoms. The first kappa shape index (κ1) is 51.2. The minimum atomic E-state index is -0.828. The highest BCUT2D eigenvalue weighted by Gasteiger charge is 2.44. The van der Waals surface area contributed by atoms with E-state index in [1.807, 2.05) is 86.8 Å². The summed E-state index contributed by atoms with van der Waals surface area (Å²) in [6.45, 7) is 9.47. The number of H-pyrrole nitrogens is 1. The van der Waals surface area contributed by atoms with E-state index < -0.39 is 23.6 Å². The highest BCUT2D eigenvalue weighted by atomic mass is 32.1. The van der Waals surface area contributed by atoms with Gasteiger partial charge in [-0.15, -0.1) is 21.5 Å². The van der Waals surface area contributed by atoms with Crippen LogP contribution in [0.4, 0.5) is 0 Å². The summed E-state index contributed by atoms with van der Waals surface area (Å²) in [5, 5.41) is 36.4. The number of unbranched alkanes of at least 4 members (excludes halogenated alkanes) is 12. The number of benzene rings is 2. The molecule has 2 aliphatic rings. The number of thiazole rings is 1. The molecule has 3 aromatic heterocycles. The number of fused-ring (bicyclic) bond motifs is 1. The Balaban J connectivity index is 0.698. The SMILES string of the molecule is Cc1ncsc1-c1ccc(CNC(=O)[C@@H]2C[C@@H](O)CN2C(=O)[C@@H](NC(=O)CCCCCCCCCCCCCCCC(=O)N2CC(c3c[nH]c4nnc(-c5ccccc5O)cc34)C2)C(C)(C)C)cc1. The van der Waals surface area contributed by atoms with Gasteiger partial charge in [0.05, 0.1) is 27.9 Å². The van der Waals surface area contributed by atoms with Crippen LogP contribution in [0.2, 0.25) is 0 Å². The number of rotatable bonds is 24. The van der Waals surface area contributed by atoms with E-state index in [1.165, 1.54) is 43.4 Å². The molecule has 5 aromatic rings. The molecule has 15 heteroatoms. The van der Waals surface area contributed by atoms with Crippen molar-refractivity contribution in [2.75, 3.05) is 19.6 Å². The second kappa shape index (κ2) is 24.2. The van der Waals surface area contributed by atoms with Gasteiger partial charge in [0.2, 0.25) is 23.6 Å². The van der Waals surface area contributed by atoms with E-state index >= 15 is 0 Å². The van der Waals surface area contributed by atoms with E-state index in [0.717, 1.165) is 77.6 Å². The summed E-state index contributed by atoms with van der Waals surface area (Å²) in [5.74, 6) is -0.169. The van der Waals surface area contributed by atoms with E-state index in [0.29, 0.717) is 49.4 Å². The van der Waals surface area contributed by atoms with Gasteiger partial charge in [0, 0.05) is 68.5 Å². The normalized spacial score (nSPS) is 16.7. The Morgan fingerprint density at radius 2 is 1.48 bits per heavy atom. The van der Waals surface area contributed by atoms with Gasteiger partial charge in [-0.1, -0.05) is 128 Å². The number of phenolic OH excluding ortho intramolecular Hbond substituents is 1. The van der Waals surface area contributed by atoms with Gasteiger partial charge in [-0.25, -0.2) is 4.98 Å². The largest absolute Gasteiger partial charge is 0.507 e. The molecule has 2 aromatic carbocycles. The second-order valence-electron chi connectivity index (χ2n) is 20.3. The molecule has 7 rings (SSSR count). The van der Waals surface area contributed by atoms with Gasteiger partial charge in [0.1, 0.15) is 17.8 Å². The number of aromatic hydroxyl groups is 1. The van der Waals surface area contributed by atoms with Crippen LogP contribution in [0.3, 0.4) is 0 Å². The predicted molar refractivity (Wildman–Crippen MR) is 271 cm³/mol. The van der Waals surface area contributed by atoms with Crippen molar-refractivity contribution < 1.29 is 29.4 Å². The summed E-state index contributed by atoms with van der Waals surface area (Å²) in [7, 11) is 0. The number of nitrogens with zero attached hydrogens (tertiary/aromatic N) is 5. The number of phenols is 1. The van der Waals surface area contributed by atoms with Gasteiger partial charge < -0.3 is 35.6 Å². The molecule has 3 atom stereocenters. The Labute approximate surface area is 411 Å². The lowest BCUT2D eigenvalue weighted by Crippen LogP contribution is -2.57. The van der Waals surface area contributed by atoms with Crippen LogP contribution < -0.4 is 10.6 Å². The monoisotopic (exact) mass is 961 g/mol. The van der Waals surface area contributed by atoms with Gasteiger partial charge in [-0.05, 0) is 60.1 Å². The Hall–Kier alpha value is -5.67. The summed E-state index contributed by atoms with van der Waals surface area (Å²) < 4.78 is 0. The molecule has 2 fully saturated rings. The summed E-state index contributed by atoms with van der Waals surface area (Å²) in [6, 6.07) is 15.4.